The fourth-order valence-corrected chi connectivity index (χ4v) is 1.99. The average molecular weight is 190 g/mol. The van der Waals surface area contributed by atoms with Gasteiger partial charge in [-0.3, -0.25) is 4.79 Å². The minimum Gasteiger partial charge on any atom is -0.294 e. The van der Waals surface area contributed by atoms with Crippen molar-refractivity contribution in [3.63, 3.8) is 0 Å². The fourth-order valence-electron chi connectivity index (χ4n) is 1.99. The van der Waals surface area contributed by atoms with Crippen LogP contribution in [-0.2, 0) is 12.8 Å². The van der Waals surface area contributed by atoms with Crippen LogP contribution < -0.4 is 0 Å². The highest BCUT2D eigenvalue weighted by Gasteiger charge is 2.22. The van der Waals surface area contributed by atoms with Crippen molar-refractivity contribution in [2.75, 3.05) is 0 Å². The Hall–Kier alpha value is -1.25. The van der Waals surface area contributed by atoms with Crippen molar-refractivity contribution in [2.45, 2.75) is 39.5 Å². The maximum absolute atomic E-state index is 11.7. The molecular weight excluding hydrogens is 176 g/mol. The third-order valence-electron chi connectivity index (χ3n) is 2.60. The molecule has 0 saturated carbocycles. The van der Waals surface area contributed by atoms with Gasteiger partial charge in [0.2, 0.25) is 0 Å². The SMILES string of the molecule is CCc1nc(C)nc2c1C(=O)CCC2. The van der Waals surface area contributed by atoms with Gasteiger partial charge in [0.05, 0.1) is 17.0 Å². The van der Waals surface area contributed by atoms with Crippen LogP contribution in [-0.4, -0.2) is 15.8 Å². The lowest BCUT2D eigenvalue weighted by atomic mass is 9.92. The van der Waals surface area contributed by atoms with Crippen molar-refractivity contribution in [1.29, 1.82) is 0 Å². The second kappa shape index (κ2) is 3.48. The van der Waals surface area contributed by atoms with Crippen LogP contribution in [0.1, 0.15) is 47.3 Å². The van der Waals surface area contributed by atoms with Gasteiger partial charge in [0, 0.05) is 6.42 Å². The van der Waals surface area contributed by atoms with Crippen LogP contribution in [0.3, 0.4) is 0 Å². The Morgan fingerprint density at radius 3 is 2.79 bits per heavy atom. The Labute approximate surface area is 83.6 Å². The number of rotatable bonds is 1. The predicted octanol–water partition coefficient (Wildman–Crippen LogP) is 1.87. The highest BCUT2D eigenvalue weighted by Crippen LogP contribution is 2.22. The first-order valence-electron chi connectivity index (χ1n) is 5.12. The normalized spacial score (nSPS) is 15.4. The molecule has 14 heavy (non-hydrogen) atoms. The first-order valence-corrected chi connectivity index (χ1v) is 5.12. The summed E-state index contributed by atoms with van der Waals surface area (Å²) in [6, 6.07) is 0. The lowest BCUT2D eigenvalue weighted by Gasteiger charge is -2.16. The molecule has 0 spiro atoms. The highest BCUT2D eigenvalue weighted by molar-refractivity contribution is 5.99. The minimum absolute atomic E-state index is 0.225. The van der Waals surface area contributed by atoms with Gasteiger partial charge in [0.15, 0.2) is 5.78 Å². The number of fused-ring (bicyclic) bond motifs is 1. The predicted molar refractivity (Wildman–Crippen MR) is 53.4 cm³/mol. The Morgan fingerprint density at radius 2 is 2.07 bits per heavy atom. The van der Waals surface area contributed by atoms with Crippen LogP contribution in [0.4, 0.5) is 0 Å². The van der Waals surface area contributed by atoms with Crippen LogP contribution in [0.15, 0.2) is 0 Å². The smallest absolute Gasteiger partial charge is 0.166 e. The minimum atomic E-state index is 0.225. The number of aryl methyl sites for hydroxylation is 3. The topological polar surface area (TPSA) is 42.9 Å². The standard InChI is InChI=1S/C11H14N2O/c1-3-8-11-9(13-7(2)12-8)5-4-6-10(11)14/h3-6H2,1-2H3. The molecule has 2 rings (SSSR count). The van der Waals surface area contributed by atoms with Gasteiger partial charge in [-0.2, -0.15) is 0 Å². The molecule has 0 amide bonds. The molecule has 0 fully saturated rings. The van der Waals surface area contributed by atoms with E-state index in [-0.39, 0.29) is 5.78 Å². The molecule has 74 valence electrons. The zero-order valence-electron chi connectivity index (χ0n) is 8.63. The molecule has 0 N–H and O–H groups in total. The molecule has 0 aliphatic heterocycles. The summed E-state index contributed by atoms with van der Waals surface area (Å²) in [7, 11) is 0. The molecule has 1 aliphatic carbocycles. The number of carbonyl (C=O) groups is 1. The molecular formula is C11H14N2O. The van der Waals surface area contributed by atoms with E-state index < -0.39 is 0 Å². The maximum Gasteiger partial charge on any atom is 0.166 e. The number of aromatic nitrogens is 2. The van der Waals surface area contributed by atoms with E-state index in [9.17, 15) is 4.79 Å². The summed E-state index contributed by atoms with van der Waals surface area (Å²) in [4.78, 5) is 20.4. The molecule has 0 radical (unpaired) electrons. The molecule has 0 saturated heterocycles. The molecule has 0 atom stereocenters. The fraction of sp³-hybridized carbons (Fsp3) is 0.545. The highest BCUT2D eigenvalue weighted by atomic mass is 16.1. The van der Waals surface area contributed by atoms with E-state index in [0.29, 0.717) is 6.42 Å². The van der Waals surface area contributed by atoms with Gasteiger partial charge in [-0.15, -0.1) is 0 Å². The molecule has 3 nitrogen and oxygen atoms in total. The monoisotopic (exact) mass is 190 g/mol. The van der Waals surface area contributed by atoms with Crippen LogP contribution in [0, 0.1) is 6.92 Å². The van der Waals surface area contributed by atoms with Crippen molar-refractivity contribution in [1.82, 2.24) is 9.97 Å². The van der Waals surface area contributed by atoms with Gasteiger partial charge in [-0.1, -0.05) is 6.92 Å². The number of ketones is 1. The summed E-state index contributed by atoms with van der Waals surface area (Å²) in [5, 5.41) is 0. The van der Waals surface area contributed by atoms with Crippen molar-refractivity contribution in [2.24, 2.45) is 0 Å². The second-order valence-corrected chi connectivity index (χ2v) is 3.67. The van der Waals surface area contributed by atoms with Crippen LogP contribution >= 0.6 is 0 Å². The molecule has 1 aliphatic rings. The van der Waals surface area contributed by atoms with E-state index in [4.69, 9.17) is 0 Å². The Balaban J connectivity index is 2.61. The zero-order chi connectivity index (χ0) is 10.1. The first kappa shape index (κ1) is 9.31. The van der Waals surface area contributed by atoms with Gasteiger partial charge in [0.25, 0.3) is 0 Å². The Bertz CT molecular complexity index is 368. The number of hydrogen-bond donors (Lipinski definition) is 0. The van der Waals surface area contributed by atoms with Gasteiger partial charge >= 0.3 is 0 Å². The zero-order valence-corrected chi connectivity index (χ0v) is 8.63. The Morgan fingerprint density at radius 1 is 1.29 bits per heavy atom. The summed E-state index contributed by atoms with van der Waals surface area (Å²) in [5.74, 6) is 1.01. The molecule has 1 aromatic rings. The summed E-state index contributed by atoms with van der Waals surface area (Å²) >= 11 is 0. The second-order valence-electron chi connectivity index (χ2n) is 3.67. The van der Waals surface area contributed by atoms with Crippen molar-refractivity contribution >= 4 is 5.78 Å². The van der Waals surface area contributed by atoms with Crippen molar-refractivity contribution < 1.29 is 4.79 Å². The van der Waals surface area contributed by atoms with Crippen LogP contribution in [0.5, 0.6) is 0 Å². The quantitative estimate of drug-likeness (QED) is 0.679. The first-order chi connectivity index (χ1) is 6.72. The van der Waals surface area contributed by atoms with E-state index in [2.05, 4.69) is 9.97 Å². The summed E-state index contributed by atoms with van der Waals surface area (Å²) < 4.78 is 0. The molecule has 1 heterocycles. The van der Waals surface area contributed by atoms with E-state index in [1.807, 2.05) is 13.8 Å². The van der Waals surface area contributed by atoms with E-state index in [1.54, 1.807) is 0 Å². The summed E-state index contributed by atoms with van der Waals surface area (Å²) in [6.07, 6.45) is 3.34. The number of Topliss-reactive ketones (excluding diaryl/α,β-unsaturated/α-hetero) is 1. The lowest BCUT2D eigenvalue weighted by molar-refractivity contribution is 0.0970. The number of carbonyl (C=O) groups excluding carboxylic acids is 1. The summed E-state index contributed by atoms with van der Waals surface area (Å²) in [6.45, 7) is 3.92. The summed E-state index contributed by atoms with van der Waals surface area (Å²) in [5.41, 5.74) is 2.70. The average Bonchev–Trinajstić information content (AvgIpc) is 2.16. The third-order valence-corrected chi connectivity index (χ3v) is 2.60. The van der Waals surface area contributed by atoms with Gasteiger partial charge in [-0.25, -0.2) is 9.97 Å². The lowest BCUT2D eigenvalue weighted by Crippen LogP contribution is -2.17. The van der Waals surface area contributed by atoms with Gasteiger partial charge in [0.1, 0.15) is 5.82 Å². The molecule has 0 bridgehead atoms. The molecule has 3 heteroatoms. The molecule has 0 unspecified atom stereocenters. The largest absolute Gasteiger partial charge is 0.294 e. The number of hydrogen-bond acceptors (Lipinski definition) is 3. The molecule has 0 aromatic carbocycles. The van der Waals surface area contributed by atoms with E-state index >= 15 is 0 Å². The van der Waals surface area contributed by atoms with E-state index in [0.717, 1.165) is 42.0 Å². The molecule has 1 aromatic heterocycles. The third kappa shape index (κ3) is 1.43. The maximum atomic E-state index is 11.7. The van der Waals surface area contributed by atoms with Crippen LogP contribution in [0.2, 0.25) is 0 Å². The van der Waals surface area contributed by atoms with Crippen LogP contribution in [0.25, 0.3) is 0 Å². The van der Waals surface area contributed by atoms with Gasteiger partial charge < -0.3 is 0 Å². The van der Waals surface area contributed by atoms with Gasteiger partial charge in [-0.05, 0) is 26.2 Å². The van der Waals surface area contributed by atoms with Crippen molar-refractivity contribution in [3.05, 3.63) is 22.8 Å². The van der Waals surface area contributed by atoms with E-state index in [1.165, 1.54) is 0 Å². The number of nitrogens with zero attached hydrogens (tertiary/aromatic N) is 2. The Kier molecular flexibility index (Phi) is 2.32. The van der Waals surface area contributed by atoms with Crippen molar-refractivity contribution in [3.8, 4) is 0 Å².